The normalized spacial score (nSPS) is 18.3. The number of methoxy groups -OCH3 is 1. The second-order valence-corrected chi connectivity index (χ2v) is 8.33. The summed E-state index contributed by atoms with van der Waals surface area (Å²) in [7, 11) is -2.31. The fraction of sp³-hybridized carbons (Fsp3) is 0.158. The Morgan fingerprint density at radius 3 is 2.61 bits per heavy atom. The van der Waals surface area contributed by atoms with Crippen molar-refractivity contribution in [3.8, 4) is 5.75 Å². The molecule has 1 aromatic heterocycles. The number of halogens is 1. The minimum absolute atomic E-state index is 0.191. The third-order valence-electron chi connectivity index (χ3n) is 4.51. The van der Waals surface area contributed by atoms with Crippen LogP contribution in [0.2, 0.25) is 5.02 Å². The van der Waals surface area contributed by atoms with E-state index < -0.39 is 16.3 Å². The van der Waals surface area contributed by atoms with Crippen LogP contribution in [0.5, 0.6) is 5.75 Å². The maximum absolute atomic E-state index is 13.4. The van der Waals surface area contributed by atoms with Crippen molar-refractivity contribution in [1.82, 2.24) is 9.97 Å². The quantitative estimate of drug-likeness (QED) is 0.651. The van der Waals surface area contributed by atoms with Gasteiger partial charge in [0, 0.05) is 17.4 Å². The molecule has 2 aromatic carbocycles. The molecule has 28 heavy (non-hydrogen) atoms. The molecule has 1 fully saturated rings. The van der Waals surface area contributed by atoms with Gasteiger partial charge in [-0.05, 0) is 42.0 Å². The maximum Gasteiger partial charge on any atom is 0.328 e. The van der Waals surface area contributed by atoms with Crippen LogP contribution in [-0.4, -0.2) is 32.0 Å². The van der Waals surface area contributed by atoms with Crippen LogP contribution in [0, 0.1) is 0 Å². The van der Waals surface area contributed by atoms with Crippen LogP contribution < -0.4 is 13.3 Å². The van der Waals surface area contributed by atoms with Crippen LogP contribution in [0.15, 0.2) is 67.1 Å². The van der Waals surface area contributed by atoms with Gasteiger partial charge in [-0.15, -0.1) is 0 Å². The van der Waals surface area contributed by atoms with E-state index in [-0.39, 0.29) is 12.4 Å². The molecule has 4 rings (SSSR count). The highest BCUT2D eigenvalue weighted by atomic mass is 35.5. The van der Waals surface area contributed by atoms with Crippen LogP contribution in [0.3, 0.4) is 0 Å². The van der Waals surface area contributed by atoms with E-state index >= 15 is 0 Å². The van der Waals surface area contributed by atoms with E-state index in [2.05, 4.69) is 9.97 Å². The number of aromatic nitrogens is 2. The van der Waals surface area contributed by atoms with Gasteiger partial charge in [0.2, 0.25) is 0 Å². The molecule has 0 bridgehead atoms. The first-order valence-corrected chi connectivity index (χ1v) is 10.3. The molecule has 0 N–H and O–H groups in total. The van der Waals surface area contributed by atoms with Crippen molar-refractivity contribution < 1.29 is 13.2 Å². The SMILES string of the molecule is COc1cccc([C@H]2CN(c3cnccn3)S(=O)(=O)N2c2ccc(Cl)cc2)c1. The zero-order chi connectivity index (χ0) is 19.7. The average molecular weight is 417 g/mol. The molecule has 1 aliphatic heterocycles. The third-order valence-corrected chi connectivity index (χ3v) is 6.62. The Kier molecular flexibility index (Phi) is 4.82. The van der Waals surface area contributed by atoms with Gasteiger partial charge in [-0.2, -0.15) is 8.42 Å². The summed E-state index contributed by atoms with van der Waals surface area (Å²) in [5.74, 6) is 0.927. The predicted octanol–water partition coefficient (Wildman–Crippen LogP) is 3.45. The summed E-state index contributed by atoms with van der Waals surface area (Å²) in [5, 5.41) is 0.532. The van der Waals surface area contributed by atoms with Crippen molar-refractivity contribution in [2.75, 3.05) is 22.3 Å². The van der Waals surface area contributed by atoms with Crippen molar-refractivity contribution in [1.29, 1.82) is 0 Å². The summed E-state index contributed by atoms with van der Waals surface area (Å²) in [6.45, 7) is 0.191. The van der Waals surface area contributed by atoms with E-state index in [1.54, 1.807) is 31.4 Å². The first kappa shape index (κ1) is 18.5. The molecule has 0 spiro atoms. The highest BCUT2D eigenvalue weighted by Crippen LogP contribution is 2.40. The van der Waals surface area contributed by atoms with Gasteiger partial charge in [0.1, 0.15) is 5.75 Å². The van der Waals surface area contributed by atoms with Gasteiger partial charge < -0.3 is 4.74 Å². The highest BCUT2D eigenvalue weighted by molar-refractivity contribution is 7.94. The van der Waals surface area contributed by atoms with E-state index in [0.717, 1.165) is 5.56 Å². The Balaban J connectivity index is 1.85. The van der Waals surface area contributed by atoms with Crippen molar-refractivity contribution in [3.05, 3.63) is 77.7 Å². The molecule has 2 heterocycles. The van der Waals surface area contributed by atoms with E-state index in [0.29, 0.717) is 16.5 Å². The van der Waals surface area contributed by atoms with Crippen LogP contribution in [0.4, 0.5) is 11.5 Å². The smallest absolute Gasteiger partial charge is 0.328 e. The van der Waals surface area contributed by atoms with Crippen LogP contribution in [0.1, 0.15) is 11.6 Å². The number of rotatable bonds is 4. The molecule has 0 radical (unpaired) electrons. The largest absolute Gasteiger partial charge is 0.497 e. The van der Waals surface area contributed by atoms with Gasteiger partial charge in [0.25, 0.3) is 0 Å². The van der Waals surface area contributed by atoms with Crippen molar-refractivity contribution >= 4 is 33.3 Å². The second kappa shape index (κ2) is 7.29. The van der Waals surface area contributed by atoms with Crippen LogP contribution in [-0.2, 0) is 10.2 Å². The molecule has 1 atom stereocenters. The van der Waals surface area contributed by atoms with E-state index in [9.17, 15) is 8.42 Å². The number of benzene rings is 2. The molecule has 7 nitrogen and oxygen atoms in total. The Hall–Kier alpha value is -2.84. The molecule has 3 aromatic rings. The molecular formula is C19H17ClN4O3S. The molecular weight excluding hydrogens is 400 g/mol. The van der Waals surface area contributed by atoms with Crippen molar-refractivity contribution in [2.45, 2.75) is 6.04 Å². The second-order valence-electron chi connectivity index (χ2n) is 6.17. The molecule has 0 aliphatic carbocycles. The van der Waals surface area contributed by atoms with Gasteiger partial charge in [-0.3, -0.25) is 4.98 Å². The zero-order valence-corrected chi connectivity index (χ0v) is 16.5. The van der Waals surface area contributed by atoms with Crippen molar-refractivity contribution in [2.24, 2.45) is 0 Å². The first-order chi connectivity index (χ1) is 13.5. The fourth-order valence-corrected chi connectivity index (χ4v) is 5.11. The monoisotopic (exact) mass is 416 g/mol. The standard InChI is InChI=1S/C19H17ClN4O3S/c1-27-17-4-2-3-14(11-17)18-13-23(19-12-21-9-10-22-19)28(25,26)24(18)16-7-5-15(20)6-8-16/h2-12,18H,13H2,1H3/t18-/m1/s1. The molecule has 1 saturated heterocycles. The van der Waals surface area contributed by atoms with Gasteiger partial charge in [0.05, 0.1) is 31.6 Å². The topological polar surface area (TPSA) is 75.6 Å². The molecule has 0 saturated carbocycles. The Labute approximate surface area is 168 Å². The number of hydrogen-bond acceptors (Lipinski definition) is 5. The van der Waals surface area contributed by atoms with E-state index in [1.165, 1.54) is 27.2 Å². The summed E-state index contributed by atoms with van der Waals surface area (Å²) < 4.78 is 34.8. The maximum atomic E-state index is 13.4. The first-order valence-electron chi connectivity index (χ1n) is 8.48. The summed E-state index contributed by atoms with van der Waals surface area (Å²) in [4.78, 5) is 8.18. The number of hydrogen-bond donors (Lipinski definition) is 0. The predicted molar refractivity (Wildman–Crippen MR) is 108 cm³/mol. The van der Waals surface area contributed by atoms with Gasteiger partial charge >= 0.3 is 10.2 Å². The molecule has 0 amide bonds. The minimum Gasteiger partial charge on any atom is -0.497 e. The lowest BCUT2D eigenvalue weighted by molar-refractivity contribution is 0.414. The van der Waals surface area contributed by atoms with Gasteiger partial charge in [0.15, 0.2) is 5.82 Å². The molecule has 1 aliphatic rings. The van der Waals surface area contributed by atoms with Crippen molar-refractivity contribution in [3.63, 3.8) is 0 Å². The summed E-state index contributed by atoms with van der Waals surface area (Å²) in [5.41, 5.74) is 1.33. The van der Waals surface area contributed by atoms with E-state index in [1.807, 2.05) is 24.3 Å². The fourth-order valence-electron chi connectivity index (χ4n) is 3.21. The van der Waals surface area contributed by atoms with Gasteiger partial charge in [-0.1, -0.05) is 23.7 Å². The minimum atomic E-state index is -3.88. The Morgan fingerprint density at radius 2 is 1.93 bits per heavy atom. The zero-order valence-electron chi connectivity index (χ0n) is 14.9. The number of ether oxygens (including phenoxy) is 1. The van der Waals surface area contributed by atoms with Crippen LogP contribution >= 0.6 is 11.6 Å². The number of nitrogens with zero attached hydrogens (tertiary/aromatic N) is 4. The summed E-state index contributed by atoms with van der Waals surface area (Å²) >= 11 is 5.99. The number of anilines is 2. The Bertz CT molecular complexity index is 1080. The lowest BCUT2D eigenvalue weighted by Crippen LogP contribution is -2.34. The van der Waals surface area contributed by atoms with E-state index in [4.69, 9.17) is 16.3 Å². The lowest BCUT2D eigenvalue weighted by atomic mass is 10.1. The average Bonchev–Trinajstić information content (AvgIpc) is 3.00. The summed E-state index contributed by atoms with van der Waals surface area (Å²) in [6.07, 6.45) is 4.41. The molecule has 0 unspecified atom stereocenters. The highest BCUT2D eigenvalue weighted by Gasteiger charge is 2.45. The van der Waals surface area contributed by atoms with Gasteiger partial charge in [-0.25, -0.2) is 13.6 Å². The van der Waals surface area contributed by atoms with Crippen LogP contribution in [0.25, 0.3) is 0 Å². The Morgan fingerprint density at radius 1 is 1.14 bits per heavy atom. The molecule has 9 heteroatoms. The third kappa shape index (κ3) is 3.25. The lowest BCUT2D eigenvalue weighted by Gasteiger charge is -2.24. The molecule has 144 valence electrons. The summed E-state index contributed by atoms with van der Waals surface area (Å²) in [6, 6.07) is 13.6.